The number of nitrogens with zero attached hydrogens (tertiary/aromatic N) is 6. The molecule has 10 nitrogen and oxygen atoms in total. The van der Waals surface area contributed by atoms with Gasteiger partial charge in [0.1, 0.15) is 17.1 Å². The van der Waals surface area contributed by atoms with Gasteiger partial charge in [-0.05, 0) is 59.2 Å². The monoisotopic (exact) mass is 495 g/mol. The molecule has 1 aliphatic heterocycles. The van der Waals surface area contributed by atoms with Gasteiger partial charge in [0.2, 0.25) is 11.9 Å². The number of amides is 1. The second kappa shape index (κ2) is 10.8. The van der Waals surface area contributed by atoms with Gasteiger partial charge in [0.25, 0.3) is 0 Å². The summed E-state index contributed by atoms with van der Waals surface area (Å²) in [6, 6.07) is 0.177. The maximum atomic E-state index is 13.5. The lowest BCUT2D eigenvalue weighted by Crippen LogP contribution is -2.35. The Hall–Kier alpha value is -2.96. The largest absolute Gasteiger partial charge is 0.421 e. The molecule has 0 spiro atoms. The van der Waals surface area contributed by atoms with Gasteiger partial charge in [-0.25, -0.2) is 4.98 Å². The number of carbonyl (C=O) groups excluding carboxylic acids is 1. The predicted molar refractivity (Wildman–Crippen MR) is 124 cm³/mol. The lowest BCUT2D eigenvalue weighted by Gasteiger charge is -2.28. The van der Waals surface area contributed by atoms with Crippen LogP contribution in [0.4, 0.5) is 30.8 Å². The van der Waals surface area contributed by atoms with Crippen LogP contribution in [-0.4, -0.2) is 69.0 Å². The quantitative estimate of drug-likeness (QED) is 0.455. The average molecular weight is 496 g/mol. The number of halogens is 3. The van der Waals surface area contributed by atoms with E-state index in [9.17, 15) is 18.0 Å². The standard InChI is InChI=1S/C22H32F3N9O/c1-14-18(32-34(31-14)16-7-11-33(2)12-8-16)29-21-28-13-17(22(23,24)25)19(30-21)26-9-4-10-27-20(35)15-5-3-6-15/h13,15-16H,3-12H2,1-2H3,(H,27,35)(H2,26,28,29,30,32). The summed E-state index contributed by atoms with van der Waals surface area (Å²) in [6.07, 6.45) is 1.34. The van der Waals surface area contributed by atoms with Gasteiger partial charge in [0.05, 0.1) is 6.04 Å². The van der Waals surface area contributed by atoms with Gasteiger partial charge in [-0.2, -0.15) is 28.1 Å². The van der Waals surface area contributed by atoms with Crippen molar-refractivity contribution in [2.75, 3.05) is 43.9 Å². The zero-order valence-corrected chi connectivity index (χ0v) is 20.0. The van der Waals surface area contributed by atoms with E-state index in [4.69, 9.17) is 0 Å². The minimum Gasteiger partial charge on any atom is -0.369 e. The van der Waals surface area contributed by atoms with E-state index in [1.54, 1.807) is 11.7 Å². The highest BCUT2D eigenvalue weighted by atomic mass is 19.4. The average Bonchev–Trinajstić information content (AvgIpc) is 3.12. The molecular weight excluding hydrogens is 463 g/mol. The van der Waals surface area contributed by atoms with E-state index in [1.165, 1.54) is 0 Å². The molecule has 0 unspecified atom stereocenters. The number of hydrogen-bond acceptors (Lipinski definition) is 8. The lowest BCUT2D eigenvalue weighted by atomic mass is 9.85. The van der Waals surface area contributed by atoms with Crippen molar-refractivity contribution in [2.45, 2.75) is 57.7 Å². The Balaban J connectivity index is 1.38. The smallest absolute Gasteiger partial charge is 0.369 e. The van der Waals surface area contributed by atoms with Crippen molar-refractivity contribution >= 4 is 23.5 Å². The summed E-state index contributed by atoms with van der Waals surface area (Å²) >= 11 is 0. The first-order valence-corrected chi connectivity index (χ1v) is 12.1. The van der Waals surface area contributed by atoms with Crippen LogP contribution in [-0.2, 0) is 11.0 Å². The molecule has 1 saturated carbocycles. The van der Waals surface area contributed by atoms with E-state index in [0.717, 1.165) is 51.4 Å². The molecule has 1 amide bonds. The summed E-state index contributed by atoms with van der Waals surface area (Å²) < 4.78 is 40.5. The van der Waals surface area contributed by atoms with Crippen molar-refractivity contribution in [3.63, 3.8) is 0 Å². The molecule has 0 atom stereocenters. The van der Waals surface area contributed by atoms with Gasteiger partial charge in [0, 0.05) is 25.2 Å². The highest BCUT2D eigenvalue weighted by Crippen LogP contribution is 2.34. The number of carbonyl (C=O) groups is 1. The highest BCUT2D eigenvalue weighted by molar-refractivity contribution is 5.79. The first-order chi connectivity index (χ1) is 16.7. The van der Waals surface area contributed by atoms with Crippen LogP contribution in [0.15, 0.2) is 6.20 Å². The lowest BCUT2D eigenvalue weighted by molar-refractivity contribution is -0.137. The number of likely N-dealkylation sites (tertiary alicyclic amines) is 1. The Labute approximate surface area is 202 Å². The van der Waals surface area contributed by atoms with Crippen molar-refractivity contribution in [2.24, 2.45) is 5.92 Å². The van der Waals surface area contributed by atoms with Crippen LogP contribution >= 0.6 is 0 Å². The summed E-state index contributed by atoms with van der Waals surface area (Å²) in [6.45, 7) is 4.29. The molecule has 2 aliphatic rings. The molecular formula is C22H32F3N9O. The first-order valence-electron chi connectivity index (χ1n) is 12.1. The van der Waals surface area contributed by atoms with Gasteiger partial charge in [-0.3, -0.25) is 4.79 Å². The van der Waals surface area contributed by atoms with E-state index >= 15 is 0 Å². The number of nitrogens with one attached hydrogen (secondary N) is 3. The molecule has 1 saturated heterocycles. The van der Waals surface area contributed by atoms with Crippen molar-refractivity contribution < 1.29 is 18.0 Å². The fourth-order valence-electron chi connectivity index (χ4n) is 4.11. The van der Waals surface area contributed by atoms with E-state index < -0.39 is 11.7 Å². The number of rotatable bonds is 9. The van der Waals surface area contributed by atoms with Crippen molar-refractivity contribution in [1.29, 1.82) is 0 Å². The van der Waals surface area contributed by atoms with Crippen molar-refractivity contribution in [1.82, 2.24) is 35.2 Å². The third-order valence-corrected chi connectivity index (χ3v) is 6.56. The fourth-order valence-corrected chi connectivity index (χ4v) is 4.11. The minimum atomic E-state index is -4.60. The third-order valence-electron chi connectivity index (χ3n) is 6.56. The number of aromatic nitrogens is 5. The zero-order valence-electron chi connectivity index (χ0n) is 20.0. The fraction of sp³-hybridized carbons (Fsp3) is 0.682. The molecule has 3 heterocycles. The molecule has 3 N–H and O–H groups in total. The zero-order chi connectivity index (χ0) is 25.0. The molecule has 1 aliphatic carbocycles. The Morgan fingerprint density at radius 1 is 1.11 bits per heavy atom. The third kappa shape index (κ3) is 6.38. The van der Waals surface area contributed by atoms with Crippen LogP contribution in [0.2, 0.25) is 0 Å². The van der Waals surface area contributed by atoms with E-state index in [0.29, 0.717) is 24.5 Å². The van der Waals surface area contributed by atoms with Crippen LogP contribution in [0, 0.1) is 12.8 Å². The SMILES string of the molecule is Cc1nn(C2CCN(C)CC2)nc1Nc1ncc(C(F)(F)F)c(NCCCNC(=O)C2CCC2)n1. The molecule has 2 fully saturated rings. The van der Waals surface area contributed by atoms with Gasteiger partial charge in [0.15, 0.2) is 5.82 Å². The number of aryl methyl sites for hydroxylation is 1. The topological polar surface area (TPSA) is 113 Å². The molecule has 35 heavy (non-hydrogen) atoms. The Kier molecular flexibility index (Phi) is 7.72. The highest BCUT2D eigenvalue weighted by Gasteiger charge is 2.35. The van der Waals surface area contributed by atoms with Gasteiger partial charge in [-0.15, -0.1) is 5.10 Å². The van der Waals surface area contributed by atoms with Gasteiger partial charge >= 0.3 is 6.18 Å². The molecule has 2 aromatic rings. The normalized spacial score (nSPS) is 17.7. The second-order valence-corrected chi connectivity index (χ2v) is 9.27. The summed E-state index contributed by atoms with van der Waals surface area (Å²) in [5.74, 6) is 0.187. The summed E-state index contributed by atoms with van der Waals surface area (Å²) in [4.78, 5) is 23.7. The van der Waals surface area contributed by atoms with Crippen LogP contribution in [0.25, 0.3) is 0 Å². The Morgan fingerprint density at radius 2 is 1.86 bits per heavy atom. The van der Waals surface area contributed by atoms with Gasteiger partial charge in [-0.1, -0.05) is 6.42 Å². The summed E-state index contributed by atoms with van der Waals surface area (Å²) in [7, 11) is 2.07. The number of piperidine rings is 1. The number of alkyl halides is 3. The number of anilines is 3. The van der Waals surface area contributed by atoms with Crippen molar-refractivity contribution in [3.8, 4) is 0 Å². The second-order valence-electron chi connectivity index (χ2n) is 9.27. The summed E-state index contributed by atoms with van der Waals surface area (Å²) in [5.41, 5.74) is -0.336. The van der Waals surface area contributed by atoms with Crippen LogP contribution in [0.5, 0.6) is 0 Å². The molecule has 192 valence electrons. The molecule has 0 radical (unpaired) electrons. The Morgan fingerprint density at radius 3 is 2.51 bits per heavy atom. The molecule has 4 rings (SSSR count). The maximum Gasteiger partial charge on any atom is 0.421 e. The predicted octanol–water partition coefficient (Wildman–Crippen LogP) is 3.12. The van der Waals surface area contributed by atoms with E-state index in [2.05, 4.69) is 48.1 Å². The molecule has 0 bridgehead atoms. The van der Waals surface area contributed by atoms with Crippen molar-refractivity contribution in [3.05, 3.63) is 17.5 Å². The number of hydrogen-bond donors (Lipinski definition) is 3. The maximum absolute atomic E-state index is 13.5. The van der Waals surface area contributed by atoms with Crippen LogP contribution in [0.1, 0.15) is 55.8 Å². The van der Waals surface area contributed by atoms with E-state index in [-0.39, 0.29) is 36.2 Å². The van der Waals surface area contributed by atoms with Crippen LogP contribution < -0.4 is 16.0 Å². The molecule has 2 aromatic heterocycles. The van der Waals surface area contributed by atoms with Crippen LogP contribution in [0.3, 0.4) is 0 Å². The molecule has 0 aromatic carbocycles. The molecule has 13 heteroatoms. The minimum absolute atomic E-state index is 0.00249. The van der Waals surface area contributed by atoms with E-state index in [1.807, 2.05) is 0 Å². The Bertz CT molecular complexity index is 1010. The first kappa shape index (κ1) is 25.1. The van der Waals surface area contributed by atoms with Gasteiger partial charge < -0.3 is 20.9 Å². The summed E-state index contributed by atoms with van der Waals surface area (Å²) in [5, 5.41) is 17.5.